The van der Waals surface area contributed by atoms with Crippen molar-refractivity contribution in [1.29, 1.82) is 0 Å². The minimum absolute atomic E-state index is 0.0791. The van der Waals surface area contributed by atoms with Gasteiger partial charge in [0, 0.05) is 5.41 Å². The Kier molecular flexibility index (Phi) is 4.22. The van der Waals surface area contributed by atoms with Crippen molar-refractivity contribution in [3.63, 3.8) is 0 Å². The van der Waals surface area contributed by atoms with Crippen LogP contribution in [-0.4, -0.2) is 25.5 Å². The molecule has 0 radical (unpaired) electrons. The molecule has 0 aliphatic heterocycles. The summed E-state index contributed by atoms with van der Waals surface area (Å²) in [5, 5.41) is 6.77. The van der Waals surface area contributed by atoms with Crippen molar-refractivity contribution >= 4 is 46.5 Å². The van der Waals surface area contributed by atoms with Crippen LogP contribution in [0.4, 0.5) is 5.82 Å². The lowest BCUT2D eigenvalue weighted by Gasteiger charge is -2.16. The van der Waals surface area contributed by atoms with Gasteiger partial charge in [0.1, 0.15) is 16.2 Å². The van der Waals surface area contributed by atoms with Gasteiger partial charge < -0.3 is 5.32 Å². The minimum Gasteiger partial charge on any atom is -0.304 e. The Bertz CT molecular complexity index is 653. The second-order valence-corrected chi connectivity index (χ2v) is 6.47. The fourth-order valence-corrected chi connectivity index (χ4v) is 2.48. The maximum absolute atomic E-state index is 12.3. The molecule has 0 atom stereocenters. The maximum atomic E-state index is 12.3. The van der Waals surface area contributed by atoms with Crippen molar-refractivity contribution in [3.8, 4) is 0 Å². The molecule has 20 heavy (non-hydrogen) atoms. The summed E-state index contributed by atoms with van der Waals surface area (Å²) in [4.78, 5) is 20.3. The average Bonchev–Trinajstić information content (AvgIpc) is 2.84. The molecule has 0 fully saturated rings. The van der Waals surface area contributed by atoms with Gasteiger partial charge in [0.05, 0.1) is 5.69 Å². The predicted octanol–water partition coefficient (Wildman–Crippen LogP) is 3.18. The van der Waals surface area contributed by atoms with Crippen molar-refractivity contribution in [2.75, 3.05) is 5.32 Å². The Hall–Kier alpha value is -1.31. The molecule has 2 rings (SSSR count). The fraction of sp³-hybridized carbons (Fsp3) is 0.364. The summed E-state index contributed by atoms with van der Waals surface area (Å²) in [5.41, 5.74) is 0.337. The van der Waals surface area contributed by atoms with Crippen LogP contribution in [0.5, 0.6) is 0 Å². The zero-order chi connectivity index (χ0) is 14.9. The van der Waals surface area contributed by atoms with Crippen LogP contribution in [0.1, 0.15) is 36.1 Å². The number of hydrogen-bond acceptors (Lipinski definition) is 6. The summed E-state index contributed by atoms with van der Waals surface area (Å²) >= 11 is 12.7. The first kappa shape index (κ1) is 15.1. The van der Waals surface area contributed by atoms with Crippen LogP contribution >= 0.6 is 34.7 Å². The molecular weight excluding hydrogens is 321 g/mol. The number of carbonyl (C=O) groups excluding carboxylic acids is 1. The summed E-state index contributed by atoms with van der Waals surface area (Å²) in [7, 11) is 0. The monoisotopic (exact) mass is 331 g/mol. The third-order valence-electron chi connectivity index (χ3n) is 2.38. The van der Waals surface area contributed by atoms with Gasteiger partial charge in [0.2, 0.25) is 0 Å². The van der Waals surface area contributed by atoms with Gasteiger partial charge in [0.25, 0.3) is 5.91 Å². The molecule has 2 heterocycles. The lowest BCUT2D eigenvalue weighted by Crippen LogP contribution is -2.20. The zero-order valence-corrected chi connectivity index (χ0v) is 13.3. The van der Waals surface area contributed by atoms with Crippen molar-refractivity contribution < 1.29 is 4.79 Å². The molecule has 1 amide bonds. The van der Waals surface area contributed by atoms with E-state index in [4.69, 9.17) is 23.2 Å². The molecular formula is C11H11Cl2N5OS. The van der Waals surface area contributed by atoms with Gasteiger partial charge in [-0.15, -0.1) is 5.10 Å². The van der Waals surface area contributed by atoms with Crippen molar-refractivity contribution in [1.82, 2.24) is 19.6 Å². The van der Waals surface area contributed by atoms with Crippen LogP contribution in [0.3, 0.4) is 0 Å². The van der Waals surface area contributed by atoms with Gasteiger partial charge >= 0.3 is 0 Å². The number of anilines is 1. The molecule has 0 unspecified atom stereocenters. The predicted molar refractivity (Wildman–Crippen MR) is 78.6 cm³/mol. The molecule has 0 aromatic carbocycles. The molecule has 0 spiro atoms. The van der Waals surface area contributed by atoms with E-state index in [1.165, 1.54) is 6.33 Å². The summed E-state index contributed by atoms with van der Waals surface area (Å²) in [6.45, 7) is 5.86. The fourth-order valence-electron chi connectivity index (χ4n) is 1.43. The van der Waals surface area contributed by atoms with Gasteiger partial charge in [-0.1, -0.05) is 48.5 Å². The topological polar surface area (TPSA) is 80.7 Å². The van der Waals surface area contributed by atoms with Crippen molar-refractivity contribution in [3.05, 3.63) is 27.1 Å². The Morgan fingerprint density at radius 2 is 2.00 bits per heavy atom. The molecule has 0 saturated heterocycles. The van der Waals surface area contributed by atoms with Gasteiger partial charge in [-0.05, 0) is 11.5 Å². The number of nitrogens with one attached hydrogen (secondary N) is 1. The van der Waals surface area contributed by atoms with E-state index in [9.17, 15) is 4.79 Å². The van der Waals surface area contributed by atoms with E-state index < -0.39 is 0 Å². The van der Waals surface area contributed by atoms with Crippen LogP contribution in [0, 0.1) is 0 Å². The first-order chi connectivity index (χ1) is 9.30. The highest BCUT2D eigenvalue weighted by molar-refractivity contribution is 7.08. The standard InChI is InChI=1S/C11H11Cl2N5OS/c1-11(2,3)7-6(20-18-17-7)10(19)16-9-5(12)8(13)14-4-15-9/h4H,1-3H3,(H,14,15,16,19). The quantitative estimate of drug-likeness (QED) is 0.854. The number of aromatic nitrogens is 4. The van der Waals surface area contributed by atoms with Crippen LogP contribution in [0.15, 0.2) is 6.33 Å². The first-order valence-electron chi connectivity index (χ1n) is 5.61. The smallest absolute Gasteiger partial charge is 0.270 e. The van der Waals surface area contributed by atoms with E-state index in [0.717, 1.165) is 11.5 Å². The summed E-state index contributed by atoms with van der Waals surface area (Å²) < 4.78 is 3.83. The molecule has 9 heteroatoms. The SMILES string of the molecule is CC(C)(C)c1nnsc1C(=O)Nc1ncnc(Cl)c1Cl. The highest BCUT2D eigenvalue weighted by Gasteiger charge is 2.27. The third-order valence-corrected chi connectivity index (χ3v) is 3.85. The number of halogens is 2. The van der Waals surface area contributed by atoms with Crippen molar-refractivity contribution in [2.24, 2.45) is 0 Å². The molecule has 0 bridgehead atoms. The number of hydrogen-bond donors (Lipinski definition) is 1. The van der Waals surface area contributed by atoms with Crippen LogP contribution < -0.4 is 5.32 Å². The van der Waals surface area contributed by atoms with Gasteiger partial charge in [-0.25, -0.2) is 9.97 Å². The number of amides is 1. The lowest BCUT2D eigenvalue weighted by atomic mass is 9.91. The summed E-state index contributed by atoms with van der Waals surface area (Å²) in [6, 6.07) is 0. The van der Waals surface area contributed by atoms with E-state index in [-0.39, 0.29) is 27.3 Å². The average molecular weight is 332 g/mol. The van der Waals surface area contributed by atoms with Crippen LogP contribution in [0.25, 0.3) is 0 Å². The van der Waals surface area contributed by atoms with E-state index in [0.29, 0.717) is 10.6 Å². The molecule has 0 aliphatic carbocycles. The van der Waals surface area contributed by atoms with Gasteiger partial charge in [0.15, 0.2) is 11.0 Å². The number of rotatable bonds is 2. The van der Waals surface area contributed by atoms with Crippen molar-refractivity contribution in [2.45, 2.75) is 26.2 Å². The highest BCUT2D eigenvalue weighted by atomic mass is 35.5. The van der Waals surface area contributed by atoms with E-state index in [1.807, 2.05) is 20.8 Å². The van der Waals surface area contributed by atoms with Crippen LogP contribution in [-0.2, 0) is 5.41 Å². The van der Waals surface area contributed by atoms with E-state index in [1.54, 1.807) is 0 Å². The molecule has 0 aliphatic rings. The minimum atomic E-state index is -0.374. The molecule has 1 N–H and O–H groups in total. The Labute approximate surface area is 129 Å². The largest absolute Gasteiger partial charge is 0.304 e. The van der Waals surface area contributed by atoms with Crippen LogP contribution in [0.2, 0.25) is 10.2 Å². The Balaban J connectivity index is 2.30. The van der Waals surface area contributed by atoms with E-state index in [2.05, 4.69) is 24.9 Å². The number of nitrogens with zero attached hydrogens (tertiary/aromatic N) is 4. The highest BCUT2D eigenvalue weighted by Crippen LogP contribution is 2.29. The second-order valence-electron chi connectivity index (χ2n) is 4.98. The Morgan fingerprint density at radius 1 is 1.30 bits per heavy atom. The third kappa shape index (κ3) is 3.05. The van der Waals surface area contributed by atoms with Gasteiger partial charge in [-0.3, -0.25) is 4.79 Å². The van der Waals surface area contributed by atoms with Gasteiger partial charge in [-0.2, -0.15) is 0 Å². The molecule has 0 saturated carbocycles. The lowest BCUT2D eigenvalue weighted by molar-refractivity contribution is 0.102. The molecule has 2 aromatic heterocycles. The Morgan fingerprint density at radius 3 is 2.65 bits per heavy atom. The first-order valence-corrected chi connectivity index (χ1v) is 7.14. The second kappa shape index (κ2) is 5.59. The maximum Gasteiger partial charge on any atom is 0.270 e. The molecule has 6 nitrogen and oxygen atoms in total. The molecule has 2 aromatic rings. The van der Waals surface area contributed by atoms with E-state index >= 15 is 0 Å². The normalized spacial score (nSPS) is 11.4. The summed E-state index contributed by atoms with van der Waals surface area (Å²) in [6.07, 6.45) is 1.22. The molecule has 106 valence electrons. The summed E-state index contributed by atoms with van der Waals surface area (Å²) in [5.74, 6) is -0.216. The zero-order valence-electron chi connectivity index (χ0n) is 10.9. The number of carbonyl (C=O) groups is 1.